The number of hydrogen-bond acceptors (Lipinski definition) is 5. The molecule has 0 aliphatic carbocycles. The van der Waals surface area contributed by atoms with Crippen LogP contribution < -0.4 is 5.32 Å². The summed E-state index contributed by atoms with van der Waals surface area (Å²) >= 11 is 8.92. The number of carbonyl (C=O) groups is 1. The Morgan fingerprint density at radius 3 is 3.00 bits per heavy atom. The summed E-state index contributed by atoms with van der Waals surface area (Å²) in [6.45, 7) is 1.91. The number of benzene rings is 1. The molecule has 0 fully saturated rings. The molecule has 19 heavy (non-hydrogen) atoms. The predicted octanol–water partition coefficient (Wildman–Crippen LogP) is 3.62. The molecule has 0 saturated carbocycles. The monoisotopic (exact) mass is 313 g/mol. The molecule has 0 aliphatic heterocycles. The number of hydrogen-bond donors (Lipinski definition) is 1. The Kier molecular flexibility index (Phi) is 5.18. The largest absolute Gasteiger partial charge is 0.326 e. The molecule has 2 aromatic rings. The maximum absolute atomic E-state index is 11.7. The third-order valence-corrected chi connectivity index (χ3v) is 4.38. The van der Waals surface area contributed by atoms with Crippen molar-refractivity contribution < 1.29 is 4.79 Å². The Bertz CT molecular complexity index is 574. The number of rotatable bonds is 5. The minimum absolute atomic E-state index is 0.0315. The maximum Gasteiger partial charge on any atom is 0.225 e. The summed E-state index contributed by atoms with van der Waals surface area (Å²) in [7, 11) is 0. The van der Waals surface area contributed by atoms with Gasteiger partial charge in [0, 0.05) is 22.9 Å². The third-order valence-electron chi connectivity index (χ3n) is 2.17. The van der Waals surface area contributed by atoms with Gasteiger partial charge >= 0.3 is 0 Å². The van der Waals surface area contributed by atoms with Gasteiger partial charge < -0.3 is 5.32 Å². The topological polar surface area (TPSA) is 54.9 Å². The number of nitrogens with zero attached hydrogens (tertiary/aromatic N) is 2. The van der Waals surface area contributed by atoms with Gasteiger partial charge in [-0.1, -0.05) is 40.8 Å². The molecule has 0 atom stereocenters. The first kappa shape index (κ1) is 14.3. The summed E-state index contributed by atoms with van der Waals surface area (Å²) in [5.41, 5.74) is 0.717. The zero-order chi connectivity index (χ0) is 13.7. The lowest BCUT2D eigenvalue weighted by Gasteiger charge is -2.04. The fourth-order valence-electron chi connectivity index (χ4n) is 1.36. The van der Waals surface area contributed by atoms with E-state index in [1.165, 1.54) is 11.3 Å². The van der Waals surface area contributed by atoms with Gasteiger partial charge in [0.15, 0.2) is 4.34 Å². The summed E-state index contributed by atoms with van der Waals surface area (Å²) in [6.07, 6.45) is 0.426. The van der Waals surface area contributed by atoms with Gasteiger partial charge in [-0.25, -0.2) is 0 Å². The second-order valence-corrected chi connectivity index (χ2v) is 6.70. The van der Waals surface area contributed by atoms with Crippen molar-refractivity contribution >= 4 is 46.3 Å². The molecule has 0 saturated heterocycles. The second kappa shape index (κ2) is 6.88. The van der Waals surface area contributed by atoms with E-state index < -0.39 is 0 Å². The molecule has 0 aliphatic rings. The minimum atomic E-state index is -0.0315. The summed E-state index contributed by atoms with van der Waals surface area (Å²) < 4.78 is 0.896. The quantitative estimate of drug-likeness (QED) is 0.857. The van der Waals surface area contributed by atoms with E-state index in [4.69, 9.17) is 11.6 Å². The Morgan fingerprint density at radius 2 is 2.32 bits per heavy atom. The number of nitrogens with one attached hydrogen (secondary N) is 1. The number of carbonyl (C=O) groups excluding carboxylic acids is 1. The highest BCUT2D eigenvalue weighted by atomic mass is 35.5. The highest BCUT2D eigenvalue weighted by Gasteiger charge is 2.05. The van der Waals surface area contributed by atoms with Crippen LogP contribution in [-0.2, 0) is 4.79 Å². The van der Waals surface area contributed by atoms with E-state index in [2.05, 4.69) is 15.5 Å². The van der Waals surface area contributed by atoms with Crippen molar-refractivity contribution in [3.05, 3.63) is 34.3 Å². The zero-order valence-electron chi connectivity index (χ0n) is 10.2. The maximum atomic E-state index is 11.7. The lowest BCUT2D eigenvalue weighted by molar-refractivity contribution is -0.115. The van der Waals surface area contributed by atoms with Crippen LogP contribution in [0.15, 0.2) is 28.6 Å². The van der Waals surface area contributed by atoms with E-state index >= 15 is 0 Å². The molecule has 1 aromatic carbocycles. The first-order valence-corrected chi connectivity index (χ1v) is 7.80. The van der Waals surface area contributed by atoms with Crippen LogP contribution in [0.25, 0.3) is 0 Å². The van der Waals surface area contributed by atoms with Crippen molar-refractivity contribution in [3.63, 3.8) is 0 Å². The lowest BCUT2D eigenvalue weighted by atomic mass is 10.3. The van der Waals surface area contributed by atoms with Crippen molar-refractivity contribution in [3.8, 4) is 0 Å². The number of thioether (sulfide) groups is 1. The van der Waals surface area contributed by atoms with Crippen LogP contribution in [0, 0.1) is 6.92 Å². The average molecular weight is 314 g/mol. The smallest absolute Gasteiger partial charge is 0.225 e. The van der Waals surface area contributed by atoms with E-state index in [1.807, 2.05) is 13.0 Å². The molecule has 1 amide bonds. The molecule has 1 aromatic heterocycles. The van der Waals surface area contributed by atoms with Crippen LogP contribution in [0.1, 0.15) is 11.4 Å². The Labute approximate surface area is 124 Å². The van der Waals surface area contributed by atoms with E-state index in [9.17, 15) is 4.79 Å². The van der Waals surface area contributed by atoms with Crippen LogP contribution in [0.2, 0.25) is 5.02 Å². The van der Waals surface area contributed by atoms with Crippen LogP contribution in [0.3, 0.4) is 0 Å². The summed E-state index contributed by atoms with van der Waals surface area (Å²) in [5, 5.41) is 12.3. The summed E-state index contributed by atoms with van der Waals surface area (Å²) in [6, 6.07) is 7.10. The SMILES string of the molecule is Cc1nnc(SCCC(=O)Nc2cccc(Cl)c2)s1. The normalized spacial score (nSPS) is 10.4. The molecular formula is C12H12ClN3OS2. The van der Waals surface area contributed by atoms with Crippen LogP contribution in [-0.4, -0.2) is 21.9 Å². The minimum Gasteiger partial charge on any atom is -0.326 e. The molecule has 4 nitrogen and oxygen atoms in total. The van der Waals surface area contributed by atoms with Gasteiger partial charge in [0.25, 0.3) is 0 Å². The van der Waals surface area contributed by atoms with Crippen LogP contribution >= 0.6 is 34.7 Å². The van der Waals surface area contributed by atoms with Gasteiger partial charge in [-0.3, -0.25) is 4.79 Å². The van der Waals surface area contributed by atoms with Crippen molar-refractivity contribution in [2.45, 2.75) is 17.7 Å². The molecule has 2 rings (SSSR count). The number of amides is 1. The Morgan fingerprint density at radius 1 is 1.47 bits per heavy atom. The first-order chi connectivity index (χ1) is 9.13. The third kappa shape index (κ3) is 4.81. The predicted molar refractivity (Wildman–Crippen MR) is 80.1 cm³/mol. The van der Waals surface area contributed by atoms with E-state index in [0.29, 0.717) is 22.9 Å². The number of halogens is 1. The summed E-state index contributed by atoms with van der Waals surface area (Å²) in [4.78, 5) is 11.7. The molecular weight excluding hydrogens is 302 g/mol. The number of anilines is 1. The van der Waals surface area contributed by atoms with E-state index in [0.717, 1.165) is 9.35 Å². The van der Waals surface area contributed by atoms with Gasteiger partial charge in [-0.2, -0.15) is 0 Å². The van der Waals surface area contributed by atoms with Gasteiger partial charge in [-0.15, -0.1) is 10.2 Å². The number of aromatic nitrogens is 2. The van der Waals surface area contributed by atoms with Gasteiger partial charge in [0.1, 0.15) is 5.01 Å². The fraction of sp³-hybridized carbons (Fsp3) is 0.250. The fourth-order valence-corrected chi connectivity index (χ4v) is 3.37. The van der Waals surface area contributed by atoms with Crippen molar-refractivity contribution in [2.75, 3.05) is 11.1 Å². The molecule has 0 bridgehead atoms. The second-order valence-electron chi connectivity index (χ2n) is 3.74. The Hall–Kier alpha value is -1.11. The van der Waals surface area contributed by atoms with Gasteiger partial charge in [0.05, 0.1) is 0 Å². The molecule has 0 spiro atoms. The summed E-state index contributed by atoms with van der Waals surface area (Å²) in [5.74, 6) is 0.650. The van der Waals surface area contributed by atoms with E-state index in [1.54, 1.807) is 30.0 Å². The van der Waals surface area contributed by atoms with Crippen LogP contribution in [0.5, 0.6) is 0 Å². The lowest BCUT2D eigenvalue weighted by Crippen LogP contribution is -2.11. The van der Waals surface area contributed by atoms with Gasteiger partial charge in [-0.05, 0) is 25.1 Å². The molecule has 1 heterocycles. The first-order valence-electron chi connectivity index (χ1n) is 5.62. The molecule has 0 radical (unpaired) electrons. The highest BCUT2D eigenvalue weighted by Crippen LogP contribution is 2.22. The molecule has 0 unspecified atom stereocenters. The van der Waals surface area contributed by atoms with Crippen molar-refractivity contribution in [1.82, 2.24) is 10.2 Å². The molecule has 1 N–H and O–H groups in total. The highest BCUT2D eigenvalue weighted by molar-refractivity contribution is 8.01. The zero-order valence-corrected chi connectivity index (χ0v) is 12.6. The average Bonchev–Trinajstić information content (AvgIpc) is 2.75. The standard InChI is InChI=1S/C12H12ClN3OS2/c1-8-15-16-12(19-8)18-6-5-11(17)14-10-4-2-3-9(13)7-10/h2-4,7H,5-6H2,1H3,(H,14,17). The van der Waals surface area contributed by atoms with Crippen LogP contribution in [0.4, 0.5) is 5.69 Å². The molecule has 100 valence electrons. The van der Waals surface area contributed by atoms with Gasteiger partial charge in [0.2, 0.25) is 5.91 Å². The number of aryl methyl sites for hydroxylation is 1. The van der Waals surface area contributed by atoms with Crippen molar-refractivity contribution in [1.29, 1.82) is 0 Å². The van der Waals surface area contributed by atoms with E-state index in [-0.39, 0.29) is 5.91 Å². The Balaban J connectivity index is 1.76. The molecule has 7 heteroatoms. The van der Waals surface area contributed by atoms with Crippen molar-refractivity contribution in [2.24, 2.45) is 0 Å².